The number of primary amides is 1. The minimum atomic E-state index is -1.45. The number of thioether (sulfide) groups is 1. The lowest BCUT2D eigenvalue weighted by Crippen LogP contribution is -2.57. The number of amides is 4. The van der Waals surface area contributed by atoms with Crippen molar-refractivity contribution in [2.75, 3.05) is 18.6 Å². The first kappa shape index (κ1) is 27.1. The van der Waals surface area contributed by atoms with E-state index in [4.69, 9.17) is 21.7 Å². The van der Waals surface area contributed by atoms with E-state index in [1.807, 2.05) is 0 Å². The first-order valence-electron chi connectivity index (χ1n) is 8.82. The Morgan fingerprint density at radius 3 is 2.00 bits per heavy atom. The van der Waals surface area contributed by atoms with Gasteiger partial charge < -0.3 is 37.6 Å². The van der Waals surface area contributed by atoms with Gasteiger partial charge in [0.15, 0.2) is 0 Å². The molecule has 3 unspecified atom stereocenters. The van der Waals surface area contributed by atoms with Crippen LogP contribution in [0.15, 0.2) is 0 Å². The molecule has 3 atom stereocenters. The van der Waals surface area contributed by atoms with E-state index in [-0.39, 0.29) is 19.3 Å². The fourth-order valence-electron chi connectivity index (χ4n) is 2.16. The molecule has 30 heavy (non-hydrogen) atoms. The standard InChI is InChI=1S/C16H27N5O8S/c1-30-5-4-9(15(28)19-7-13(25)26)20-16(29)10(6-11(18)22)21-14(27)8(17)2-3-12(23)24/h8-10H,2-7,17H2,1H3,(H2,18,22)(H,19,28)(H,20,29)(H,21,27)(H,23,24)(H,25,26). The summed E-state index contributed by atoms with van der Waals surface area (Å²) in [4.78, 5) is 69.3. The van der Waals surface area contributed by atoms with Crippen LogP contribution >= 0.6 is 11.8 Å². The van der Waals surface area contributed by atoms with Crippen LogP contribution in [0.25, 0.3) is 0 Å². The van der Waals surface area contributed by atoms with Gasteiger partial charge in [-0.25, -0.2) is 0 Å². The van der Waals surface area contributed by atoms with Crippen LogP contribution in [-0.2, 0) is 28.8 Å². The Morgan fingerprint density at radius 1 is 0.900 bits per heavy atom. The van der Waals surface area contributed by atoms with E-state index in [0.717, 1.165) is 0 Å². The van der Waals surface area contributed by atoms with Gasteiger partial charge in [-0.3, -0.25) is 28.8 Å². The van der Waals surface area contributed by atoms with Crippen LogP contribution in [0.1, 0.15) is 25.7 Å². The lowest BCUT2D eigenvalue weighted by molar-refractivity contribution is -0.139. The molecule has 170 valence electrons. The zero-order valence-corrected chi connectivity index (χ0v) is 17.2. The summed E-state index contributed by atoms with van der Waals surface area (Å²) in [5, 5.41) is 24.0. The second-order valence-electron chi connectivity index (χ2n) is 6.22. The number of nitrogens with two attached hydrogens (primary N) is 2. The van der Waals surface area contributed by atoms with Gasteiger partial charge in [0.05, 0.1) is 12.5 Å². The van der Waals surface area contributed by atoms with E-state index >= 15 is 0 Å². The van der Waals surface area contributed by atoms with Crippen molar-refractivity contribution < 1.29 is 39.0 Å². The van der Waals surface area contributed by atoms with Gasteiger partial charge in [0.2, 0.25) is 23.6 Å². The Kier molecular flexibility index (Phi) is 12.8. The molecule has 0 saturated heterocycles. The fourth-order valence-corrected chi connectivity index (χ4v) is 2.63. The van der Waals surface area contributed by atoms with Crippen LogP contribution in [-0.4, -0.2) is 82.5 Å². The van der Waals surface area contributed by atoms with Crippen molar-refractivity contribution in [3.8, 4) is 0 Å². The van der Waals surface area contributed by atoms with Gasteiger partial charge in [0.1, 0.15) is 18.6 Å². The first-order valence-corrected chi connectivity index (χ1v) is 10.2. The minimum absolute atomic E-state index is 0.160. The molecule has 9 N–H and O–H groups in total. The Morgan fingerprint density at radius 2 is 1.50 bits per heavy atom. The minimum Gasteiger partial charge on any atom is -0.481 e. The highest BCUT2D eigenvalue weighted by atomic mass is 32.2. The number of hydrogen-bond donors (Lipinski definition) is 7. The Hall–Kier alpha value is -2.87. The molecule has 14 heteroatoms. The van der Waals surface area contributed by atoms with Crippen molar-refractivity contribution in [3.05, 3.63) is 0 Å². The zero-order chi connectivity index (χ0) is 23.3. The van der Waals surface area contributed by atoms with Crippen LogP contribution in [0.4, 0.5) is 0 Å². The molecule has 0 rings (SSSR count). The molecule has 0 aliphatic carbocycles. The Labute approximate surface area is 176 Å². The molecule has 0 radical (unpaired) electrons. The first-order chi connectivity index (χ1) is 14.0. The van der Waals surface area contributed by atoms with Crippen LogP contribution in [0.3, 0.4) is 0 Å². The second-order valence-corrected chi connectivity index (χ2v) is 7.21. The maximum Gasteiger partial charge on any atom is 0.322 e. The van der Waals surface area contributed by atoms with Crippen LogP contribution < -0.4 is 27.4 Å². The number of carbonyl (C=O) groups excluding carboxylic acids is 4. The van der Waals surface area contributed by atoms with E-state index in [1.54, 1.807) is 6.26 Å². The molecular formula is C16H27N5O8S. The van der Waals surface area contributed by atoms with E-state index in [1.165, 1.54) is 11.8 Å². The van der Waals surface area contributed by atoms with Gasteiger partial charge in [-0.2, -0.15) is 11.8 Å². The molecule has 0 spiro atoms. The predicted octanol–water partition coefficient (Wildman–Crippen LogP) is -3.02. The lowest BCUT2D eigenvalue weighted by atomic mass is 10.1. The van der Waals surface area contributed by atoms with Crippen molar-refractivity contribution in [1.82, 2.24) is 16.0 Å². The van der Waals surface area contributed by atoms with Gasteiger partial charge in [-0.05, 0) is 24.9 Å². The number of hydrogen-bond acceptors (Lipinski definition) is 8. The lowest BCUT2D eigenvalue weighted by Gasteiger charge is -2.23. The maximum absolute atomic E-state index is 12.5. The second kappa shape index (κ2) is 14.2. The normalized spacial score (nSPS) is 13.4. The molecular weight excluding hydrogens is 422 g/mol. The SMILES string of the molecule is CSCCC(NC(=O)C(CC(N)=O)NC(=O)C(N)CCC(=O)O)C(=O)NCC(=O)O. The number of carboxylic acids is 2. The summed E-state index contributed by atoms with van der Waals surface area (Å²) in [6, 6.07) is -3.80. The summed E-state index contributed by atoms with van der Waals surface area (Å²) in [5.41, 5.74) is 10.7. The highest BCUT2D eigenvalue weighted by Crippen LogP contribution is 2.04. The van der Waals surface area contributed by atoms with E-state index in [2.05, 4.69) is 16.0 Å². The maximum atomic E-state index is 12.5. The van der Waals surface area contributed by atoms with E-state index < -0.39 is 66.7 Å². The molecule has 0 heterocycles. The summed E-state index contributed by atoms with van der Waals surface area (Å²) in [5.74, 6) is -5.40. The Bertz CT molecular complexity index is 660. The van der Waals surface area contributed by atoms with Crippen LogP contribution in [0.2, 0.25) is 0 Å². The van der Waals surface area contributed by atoms with Crippen molar-refractivity contribution in [1.29, 1.82) is 0 Å². The highest BCUT2D eigenvalue weighted by Gasteiger charge is 2.29. The molecule has 0 saturated carbocycles. The molecule has 0 aliphatic rings. The molecule has 0 bridgehead atoms. The number of carboxylic acid groups (broad SMARTS) is 2. The summed E-state index contributed by atoms with van der Waals surface area (Å²) in [7, 11) is 0. The van der Waals surface area contributed by atoms with Gasteiger partial charge >= 0.3 is 11.9 Å². The smallest absolute Gasteiger partial charge is 0.322 e. The summed E-state index contributed by atoms with van der Waals surface area (Å²) in [6.45, 7) is -0.648. The van der Waals surface area contributed by atoms with Crippen molar-refractivity contribution >= 4 is 47.3 Å². The number of aliphatic carboxylic acids is 2. The third kappa shape index (κ3) is 11.9. The van der Waals surface area contributed by atoms with Crippen molar-refractivity contribution in [2.24, 2.45) is 11.5 Å². The number of carbonyl (C=O) groups is 6. The van der Waals surface area contributed by atoms with Crippen LogP contribution in [0, 0.1) is 0 Å². The molecule has 13 nitrogen and oxygen atoms in total. The average molecular weight is 449 g/mol. The Balaban J connectivity index is 5.19. The van der Waals surface area contributed by atoms with Gasteiger partial charge in [0.25, 0.3) is 0 Å². The number of rotatable bonds is 15. The third-order valence-corrected chi connectivity index (χ3v) is 4.35. The largest absolute Gasteiger partial charge is 0.481 e. The van der Waals surface area contributed by atoms with Gasteiger partial charge in [-0.15, -0.1) is 0 Å². The van der Waals surface area contributed by atoms with Crippen molar-refractivity contribution in [3.63, 3.8) is 0 Å². The van der Waals surface area contributed by atoms with Gasteiger partial charge in [-0.1, -0.05) is 0 Å². The highest BCUT2D eigenvalue weighted by molar-refractivity contribution is 7.98. The molecule has 0 fully saturated rings. The van der Waals surface area contributed by atoms with E-state index in [9.17, 15) is 28.8 Å². The molecule has 0 aromatic rings. The van der Waals surface area contributed by atoms with Crippen molar-refractivity contribution in [2.45, 2.75) is 43.8 Å². The monoisotopic (exact) mass is 449 g/mol. The molecule has 4 amide bonds. The number of nitrogens with one attached hydrogen (secondary N) is 3. The third-order valence-electron chi connectivity index (χ3n) is 3.70. The van der Waals surface area contributed by atoms with Gasteiger partial charge in [0, 0.05) is 6.42 Å². The van der Waals surface area contributed by atoms with Crippen LogP contribution in [0.5, 0.6) is 0 Å². The molecule has 0 aromatic heterocycles. The zero-order valence-electron chi connectivity index (χ0n) is 16.4. The summed E-state index contributed by atoms with van der Waals surface area (Å²) < 4.78 is 0. The average Bonchev–Trinajstić information content (AvgIpc) is 2.65. The summed E-state index contributed by atoms with van der Waals surface area (Å²) >= 11 is 1.38. The molecule has 0 aliphatic heterocycles. The van der Waals surface area contributed by atoms with E-state index in [0.29, 0.717) is 5.75 Å². The topological polar surface area (TPSA) is 231 Å². The molecule has 0 aromatic carbocycles. The summed E-state index contributed by atoms with van der Waals surface area (Å²) in [6.07, 6.45) is 0.771. The quantitative estimate of drug-likeness (QED) is 0.134. The fraction of sp³-hybridized carbons (Fsp3) is 0.625. The predicted molar refractivity (Wildman–Crippen MR) is 106 cm³/mol.